The molecule has 0 aromatic heterocycles. The molecule has 0 saturated heterocycles. The lowest BCUT2D eigenvalue weighted by Gasteiger charge is -2.13. The van der Waals surface area contributed by atoms with E-state index in [1.54, 1.807) is 33.5 Å². The number of nitrogens with zero attached hydrogens (tertiary/aromatic N) is 1. The Balaban J connectivity index is 1.89. The highest BCUT2D eigenvalue weighted by Crippen LogP contribution is 2.43. The van der Waals surface area contributed by atoms with Crippen molar-refractivity contribution >= 4 is 5.71 Å². The van der Waals surface area contributed by atoms with E-state index in [9.17, 15) is 4.39 Å². The maximum absolute atomic E-state index is 13.9. The summed E-state index contributed by atoms with van der Waals surface area (Å²) in [4.78, 5) is 4.46. The van der Waals surface area contributed by atoms with Gasteiger partial charge in [0.05, 0.1) is 34.2 Å². The van der Waals surface area contributed by atoms with Crippen molar-refractivity contribution in [2.75, 3.05) is 28.4 Å². The molecule has 5 nitrogen and oxygen atoms in total. The van der Waals surface area contributed by atoms with Gasteiger partial charge < -0.3 is 18.9 Å². The number of benzene rings is 2. The van der Waals surface area contributed by atoms with Crippen molar-refractivity contribution in [1.82, 2.24) is 0 Å². The lowest BCUT2D eigenvalue weighted by Crippen LogP contribution is -2.00. The van der Waals surface area contributed by atoms with E-state index >= 15 is 0 Å². The minimum absolute atomic E-state index is 0.173. The Labute approximate surface area is 139 Å². The van der Waals surface area contributed by atoms with Crippen molar-refractivity contribution < 1.29 is 23.3 Å². The van der Waals surface area contributed by atoms with E-state index in [1.165, 1.54) is 13.2 Å². The molecule has 2 aromatic rings. The highest BCUT2D eigenvalue weighted by atomic mass is 19.1. The Bertz CT molecular complexity index is 779. The SMILES string of the molecule is COc1ccc([C@@H]2N=C2c2cc(OC)c(OC)c(OC)c2)cc1F. The second kappa shape index (κ2) is 6.39. The molecule has 3 rings (SSSR count). The Morgan fingerprint density at radius 2 is 1.46 bits per heavy atom. The van der Waals surface area contributed by atoms with E-state index in [0.29, 0.717) is 17.2 Å². The van der Waals surface area contributed by atoms with Gasteiger partial charge in [-0.2, -0.15) is 0 Å². The average molecular weight is 331 g/mol. The monoisotopic (exact) mass is 331 g/mol. The lowest BCUT2D eigenvalue weighted by molar-refractivity contribution is 0.324. The van der Waals surface area contributed by atoms with Gasteiger partial charge in [-0.25, -0.2) is 4.39 Å². The Morgan fingerprint density at radius 3 is 1.96 bits per heavy atom. The van der Waals surface area contributed by atoms with E-state index in [4.69, 9.17) is 18.9 Å². The third kappa shape index (κ3) is 2.75. The fourth-order valence-corrected chi connectivity index (χ4v) is 2.65. The lowest BCUT2D eigenvalue weighted by atomic mass is 10.0. The van der Waals surface area contributed by atoms with Gasteiger partial charge in [-0.3, -0.25) is 4.99 Å². The van der Waals surface area contributed by atoms with Crippen molar-refractivity contribution in [3.05, 3.63) is 47.3 Å². The highest BCUT2D eigenvalue weighted by molar-refractivity contribution is 6.14. The molecule has 0 aliphatic carbocycles. The van der Waals surface area contributed by atoms with Crippen molar-refractivity contribution in [3.8, 4) is 23.0 Å². The second-order valence-corrected chi connectivity index (χ2v) is 5.22. The first-order chi connectivity index (χ1) is 11.6. The summed E-state index contributed by atoms with van der Waals surface area (Å²) in [7, 11) is 6.11. The zero-order chi connectivity index (χ0) is 17.3. The fraction of sp³-hybridized carbons (Fsp3) is 0.278. The van der Waals surface area contributed by atoms with Crippen LogP contribution in [0.2, 0.25) is 0 Å². The summed E-state index contributed by atoms with van der Waals surface area (Å²) in [5.41, 5.74) is 2.47. The van der Waals surface area contributed by atoms with Gasteiger partial charge in [0.2, 0.25) is 5.75 Å². The molecular formula is C18H18FNO4. The molecule has 0 saturated carbocycles. The van der Waals surface area contributed by atoms with Crippen LogP contribution in [-0.2, 0) is 0 Å². The molecule has 0 amide bonds. The van der Waals surface area contributed by atoms with Gasteiger partial charge in [0.25, 0.3) is 0 Å². The predicted octanol–water partition coefficient (Wildman–Crippen LogP) is 3.40. The number of hydrogen-bond acceptors (Lipinski definition) is 5. The van der Waals surface area contributed by atoms with Gasteiger partial charge in [0.1, 0.15) is 6.04 Å². The molecule has 1 heterocycles. The van der Waals surface area contributed by atoms with Crippen molar-refractivity contribution in [2.24, 2.45) is 4.99 Å². The molecule has 0 bridgehead atoms. The van der Waals surface area contributed by atoms with Crippen LogP contribution in [-0.4, -0.2) is 34.2 Å². The molecule has 24 heavy (non-hydrogen) atoms. The molecule has 0 N–H and O–H groups in total. The normalized spacial score (nSPS) is 15.5. The molecule has 0 fully saturated rings. The van der Waals surface area contributed by atoms with E-state index in [2.05, 4.69) is 4.99 Å². The molecule has 6 heteroatoms. The van der Waals surface area contributed by atoms with Gasteiger partial charge in [-0.15, -0.1) is 0 Å². The van der Waals surface area contributed by atoms with E-state index in [-0.39, 0.29) is 11.8 Å². The van der Waals surface area contributed by atoms with Crippen molar-refractivity contribution in [2.45, 2.75) is 6.04 Å². The van der Waals surface area contributed by atoms with Crippen LogP contribution in [0, 0.1) is 5.82 Å². The zero-order valence-corrected chi connectivity index (χ0v) is 13.9. The van der Waals surface area contributed by atoms with Gasteiger partial charge in [-0.1, -0.05) is 6.07 Å². The molecule has 0 radical (unpaired) electrons. The third-order valence-electron chi connectivity index (χ3n) is 3.91. The number of aliphatic imine (C=N–C) groups is 1. The van der Waals surface area contributed by atoms with Crippen LogP contribution in [0.5, 0.6) is 23.0 Å². The van der Waals surface area contributed by atoms with Gasteiger partial charge >= 0.3 is 0 Å². The first kappa shape index (κ1) is 16.1. The molecule has 126 valence electrons. The van der Waals surface area contributed by atoms with Crippen molar-refractivity contribution in [3.63, 3.8) is 0 Å². The summed E-state index contributed by atoms with van der Waals surface area (Å²) < 4.78 is 34.8. The molecule has 1 atom stereocenters. The Morgan fingerprint density at radius 1 is 0.833 bits per heavy atom. The minimum Gasteiger partial charge on any atom is -0.494 e. The summed E-state index contributed by atoms with van der Waals surface area (Å²) in [6.45, 7) is 0. The van der Waals surface area contributed by atoms with Crippen LogP contribution >= 0.6 is 0 Å². The van der Waals surface area contributed by atoms with Crippen LogP contribution in [0.4, 0.5) is 4.39 Å². The van der Waals surface area contributed by atoms with Crippen LogP contribution < -0.4 is 18.9 Å². The Kier molecular flexibility index (Phi) is 4.29. The van der Waals surface area contributed by atoms with Crippen molar-refractivity contribution in [1.29, 1.82) is 0 Å². The number of halogens is 1. The molecule has 1 aliphatic rings. The number of ether oxygens (including phenoxy) is 4. The largest absolute Gasteiger partial charge is 0.494 e. The molecular weight excluding hydrogens is 313 g/mol. The van der Waals surface area contributed by atoms with Crippen LogP contribution in [0.1, 0.15) is 17.2 Å². The molecule has 2 aromatic carbocycles. The third-order valence-corrected chi connectivity index (χ3v) is 3.91. The number of methoxy groups -OCH3 is 4. The standard InChI is InChI=1S/C18H18FNO4/c1-21-13-6-5-10(7-12(13)19)16-17(20-16)11-8-14(22-2)18(24-4)15(9-11)23-3/h5-9,16H,1-4H3/t16-/m0/s1. The van der Waals surface area contributed by atoms with Gasteiger partial charge in [-0.05, 0) is 29.8 Å². The minimum atomic E-state index is -0.402. The quantitative estimate of drug-likeness (QED) is 0.814. The molecule has 1 aliphatic heterocycles. The maximum Gasteiger partial charge on any atom is 0.203 e. The van der Waals surface area contributed by atoms with E-state index in [1.807, 2.05) is 12.1 Å². The first-order valence-electron chi connectivity index (χ1n) is 7.34. The van der Waals surface area contributed by atoms with E-state index < -0.39 is 5.82 Å². The summed E-state index contributed by atoms with van der Waals surface area (Å²) in [6, 6.07) is 8.35. The Hall–Kier alpha value is -2.76. The maximum atomic E-state index is 13.9. The average Bonchev–Trinajstić information content (AvgIpc) is 3.41. The van der Waals surface area contributed by atoms with Crippen LogP contribution in [0.3, 0.4) is 0 Å². The number of rotatable bonds is 6. The first-order valence-corrected chi connectivity index (χ1v) is 7.34. The van der Waals surface area contributed by atoms with Crippen LogP contribution in [0.15, 0.2) is 35.3 Å². The van der Waals surface area contributed by atoms with E-state index in [0.717, 1.165) is 16.8 Å². The van der Waals surface area contributed by atoms with Gasteiger partial charge in [0.15, 0.2) is 23.1 Å². The summed E-state index contributed by atoms with van der Waals surface area (Å²) in [5.74, 6) is 1.45. The van der Waals surface area contributed by atoms with Crippen LogP contribution in [0.25, 0.3) is 0 Å². The second-order valence-electron chi connectivity index (χ2n) is 5.22. The predicted molar refractivity (Wildman–Crippen MR) is 88.3 cm³/mol. The molecule has 0 unspecified atom stereocenters. The summed E-state index contributed by atoms with van der Waals surface area (Å²) in [6.07, 6.45) is 0. The highest BCUT2D eigenvalue weighted by Gasteiger charge is 2.32. The fourth-order valence-electron chi connectivity index (χ4n) is 2.65. The van der Waals surface area contributed by atoms with Gasteiger partial charge in [0, 0.05) is 5.56 Å². The molecule has 0 spiro atoms. The summed E-state index contributed by atoms with van der Waals surface area (Å²) >= 11 is 0. The zero-order valence-electron chi connectivity index (χ0n) is 13.9. The number of hydrogen-bond donors (Lipinski definition) is 0. The summed E-state index contributed by atoms with van der Waals surface area (Å²) in [5, 5.41) is 0. The smallest absolute Gasteiger partial charge is 0.203 e. The topological polar surface area (TPSA) is 49.3 Å².